The molecular weight excluding hydrogens is 278 g/mol. The molecule has 3 nitrogen and oxygen atoms in total. The van der Waals surface area contributed by atoms with Gasteiger partial charge in [-0.25, -0.2) is 4.98 Å². The first-order valence-electron chi connectivity index (χ1n) is 6.12. The predicted octanol–water partition coefficient (Wildman–Crippen LogP) is 2.68. The van der Waals surface area contributed by atoms with E-state index in [0.29, 0.717) is 6.04 Å². The Labute approximate surface area is 112 Å². The minimum absolute atomic E-state index is 0.661. The smallest absolute Gasteiger partial charge is 0.142 e. The number of pyridine rings is 1. The second kappa shape index (κ2) is 5.36. The number of aromatic nitrogens is 1. The maximum atomic E-state index is 4.47. The number of likely N-dealkylation sites (tertiary alicyclic amines) is 1. The molecule has 2 heterocycles. The van der Waals surface area contributed by atoms with E-state index in [4.69, 9.17) is 0 Å². The molecule has 4 heteroatoms. The Hall–Kier alpha value is -0.610. The number of nitrogens with zero attached hydrogens (tertiary/aromatic N) is 3. The second-order valence-corrected chi connectivity index (χ2v) is 5.72. The minimum atomic E-state index is 0.661. The van der Waals surface area contributed by atoms with Gasteiger partial charge in [-0.2, -0.15) is 0 Å². The van der Waals surface area contributed by atoms with Crippen molar-refractivity contribution in [2.24, 2.45) is 0 Å². The third kappa shape index (κ3) is 2.80. The molecule has 1 fully saturated rings. The van der Waals surface area contributed by atoms with Gasteiger partial charge in [0.2, 0.25) is 0 Å². The molecule has 1 aromatic rings. The Balaban J connectivity index is 2.09. The molecule has 1 aromatic heterocycles. The van der Waals surface area contributed by atoms with Gasteiger partial charge < -0.3 is 9.80 Å². The van der Waals surface area contributed by atoms with Crippen molar-refractivity contribution in [3.63, 3.8) is 0 Å². The van der Waals surface area contributed by atoms with Crippen molar-refractivity contribution < 1.29 is 0 Å². The van der Waals surface area contributed by atoms with Crippen LogP contribution in [0.2, 0.25) is 0 Å². The number of hydrogen-bond acceptors (Lipinski definition) is 3. The van der Waals surface area contributed by atoms with Gasteiger partial charge in [-0.1, -0.05) is 0 Å². The molecule has 1 unspecified atom stereocenters. The molecular formula is C13H20BrN3. The van der Waals surface area contributed by atoms with Gasteiger partial charge in [0.15, 0.2) is 0 Å². The van der Waals surface area contributed by atoms with E-state index in [0.717, 1.165) is 16.8 Å². The van der Waals surface area contributed by atoms with Crippen LogP contribution in [0.25, 0.3) is 0 Å². The van der Waals surface area contributed by atoms with Gasteiger partial charge in [-0.05, 0) is 60.9 Å². The van der Waals surface area contributed by atoms with Crippen LogP contribution < -0.4 is 4.90 Å². The molecule has 94 valence electrons. The van der Waals surface area contributed by atoms with E-state index in [9.17, 15) is 0 Å². The van der Waals surface area contributed by atoms with Crippen molar-refractivity contribution in [2.75, 3.05) is 32.1 Å². The van der Waals surface area contributed by atoms with Crippen molar-refractivity contribution in [1.82, 2.24) is 9.88 Å². The molecule has 0 N–H and O–H groups in total. The lowest BCUT2D eigenvalue weighted by Gasteiger charge is -2.27. The molecule has 0 spiro atoms. The molecule has 0 bridgehead atoms. The van der Waals surface area contributed by atoms with E-state index in [1.165, 1.54) is 24.9 Å². The van der Waals surface area contributed by atoms with Gasteiger partial charge in [0.1, 0.15) is 5.82 Å². The molecule has 0 aromatic carbocycles. The number of rotatable bonds is 3. The standard InChI is InChI=1S/C13H20BrN3/c1-10-6-7-15-13(12(10)14)17(3)9-11-5-4-8-16(11)2/h6-7,11H,4-5,8-9H2,1-3H3. The van der Waals surface area contributed by atoms with Crippen molar-refractivity contribution in [3.8, 4) is 0 Å². The summed E-state index contributed by atoms with van der Waals surface area (Å²) in [6.45, 7) is 4.37. The summed E-state index contributed by atoms with van der Waals surface area (Å²) in [5.74, 6) is 1.05. The monoisotopic (exact) mass is 297 g/mol. The Morgan fingerprint density at radius 3 is 3.00 bits per heavy atom. The van der Waals surface area contributed by atoms with Crippen LogP contribution in [-0.4, -0.2) is 43.1 Å². The fourth-order valence-electron chi connectivity index (χ4n) is 2.40. The van der Waals surface area contributed by atoms with Crippen LogP contribution in [0.3, 0.4) is 0 Å². The summed E-state index contributed by atoms with van der Waals surface area (Å²) in [6.07, 6.45) is 4.49. The number of anilines is 1. The molecule has 1 atom stereocenters. The van der Waals surface area contributed by atoms with Crippen LogP contribution in [0.5, 0.6) is 0 Å². The lowest BCUT2D eigenvalue weighted by atomic mass is 10.2. The van der Waals surface area contributed by atoms with Crippen LogP contribution in [0.1, 0.15) is 18.4 Å². The zero-order chi connectivity index (χ0) is 12.4. The summed E-state index contributed by atoms with van der Waals surface area (Å²) in [5.41, 5.74) is 1.24. The highest BCUT2D eigenvalue weighted by atomic mass is 79.9. The highest BCUT2D eigenvalue weighted by molar-refractivity contribution is 9.10. The summed E-state index contributed by atoms with van der Waals surface area (Å²) in [7, 11) is 4.34. The maximum Gasteiger partial charge on any atom is 0.142 e. The van der Waals surface area contributed by atoms with Gasteiger partial charge in [0, 0.05) is 25.8 Å². The molecule has 0 aliphatic carbocycles. The van der Waals surface area contributed by atoms with Crippen molar-refractivity contribution in [1.29, 1.82) is 0 Å². The Bertz CT molecular complexity index is 394. The number of aryl methyl sites for hydroxylation is 1. The summed E-state index contributed by atoms with van der Waals surface area (Å²) >= 11 is 3.63. The van der Waals surface area contributed by atoms with Crippen LogP contribution in [0, 0.1) is 6.92 Å². The summed E-state index contributed by atoms with van der Waals surface area (Å²) in [4.78, 5) is 9.16. The van der Waals surface area contributed by atoms with Crippen LogP contribution >= 0.6 is 15.9 Å². The van der Waals surface area contributed by atoms with Crippen molar-refractivity contribution in [2.45, 2.75) is 25.8 Å². The molecule has 2 rings (SSSR count). The van der Waals surface area contributed by atoms with E-state index in [-0.39, 0.29) is 0 Å². The van der Waals surface area contributed by atoms with E-state index in [1.54, 1.807) is 0 Å². The highest BCUT2D eigenvalue weighted by Gasteiger charge is 2.23. The van der Waals surface area contributed by atoms with Crippen molar-refractivity contribution >= 4 is 21.7 Å². The topological polar surface area (TPSA) is 19.4 Å². The lowest BCUT2D eigenvalue weighted by Crippen LogP contribution is -2.37. The lowest BCUT2D eigenvalue weighted by molar-refractivity contribution is 0.314. The van der Waals surface area contributed by atoms with Crippen LogP contribution in [0.4, 0.5) is 5.82 Å². The van der Waals surface area contributed by atoms with E-state index >= 15 is 0 Å². The average molecular weight is 298 g/mol. The third-order valence-corrected chi connectivity index (χ3v) is 4.56. The normalized spacial score (nSPS) is 20.8. The number of halogens is 1. The summed E-state index contributed by atoms with van der Waals surface area (Å²) in [5, 5.41) is 0. The molecule has 0 amide bonds. The second-order valence-electron chi connectivity index (χ2n) is 4.92. The predicted molar refractivity (Wildman–Crippen MR) is 75.6 cm³/mol. The fraction of sp³-hybridized carbons (Fsp3) is 0.615. The number of hydrogen-bond donors (Lipinski definition) is 0. The van der Waals surface area contributed by atoms with Gasteiger partial charge in [0.25, 0.3) is 0 Å². The molecule has 1 saturated heterocycles. The summed E-state index contributed by atoms with van der Waals surface area (Å²) in [6, 6.07) is 2.69. The average Bonchev–Trinajstić information content (AvgIpc) is 2.68. The first-order chi connectivity index (χ1) is 8.09. The van der Waals surface area contributed by atoms with Gasteiger partial charge >= 0.3 is 0 Å². The highest BCUT2D eigenvalue weighted by Crippen LogP contribution is 2.27. The van der Waals surface area contributed by atoms with E-state index in [1.807, 2.05) is 12.3 Å². The molecule has 0 radical (unpaired) electrons. The first kappa shape index (κ1) is 12.8. The molecule has 17 heavy (non-hydrogen) atoms. The van der Waals surface area contributed by atoms with E-state index in [2.05, 4.69) is 51.7 Å². The SMILES string of the molecule is Cc1ccnc(N(C)CC2CCCN2C)c1Br. The summed E-state index contributed by atoms with van der Waals surface area (Å²) < 4.78 is 1.11. The quantitative estimate of drug-likeness (QED) is 0.855. The minimum Gasteiger partial charge on any atom is -0.357 e. The van der Waals surface area contributed by atoms with Crippen molar-refractivity contribution in [3.05, 3.63) is 22.3 Å². The van der Waals surface area contributed by atoms with Crippen LogP contribution in [-0.2, 0) is 0 Å². The fourth-order valence-corrected chi connectivity index (χ4v) is 2.94. The Morgan fingerprint density at radius 1 is 1.59 bits per heavy atom. The largest absolute Gasteiger partial charge is 0.357 e. The third-order valence-electron chi connectivity index (χ3n) is 3.58. The zero-order valence-electron chi connectivity index (χ0n) is 10.8. The van der Waals surface area contributed by atoms with Gasteiger partial charge in [-0.3, -0.25) is 0 Å². The molecule has 1 aliphatic rings. The zero-order valence-corrected chi connectivity index (χ0v) is 12.4. The van der Waals surface area contributed by atoms with E-state index < -0.39 is 0 Å². The van der Waals surface area contributed by atoms with Crippen LogP contribution in [0.15, 0.2) is 16.7 Å². The Morgan fingerprint density at radius 2 is 2.35 bits per heavy atom. The number of likely N-dealkylation sites (N-methyl/N-ethyl adjacent to an activating group) is 2. The maximum absolute atomic E-state index is 4.47. The van der Waals surface area contributed by atoms with Gasteiger partial charge in [-0.15, -0.1) is 0 Å². The Kier molecular flexibility index (Phi) is 4.05. The first-order valence-corrected chi connectivity index (χ1v) is 6.91. The molecule has 0 saturated carbocycles. The molecule has 1 aliphatic heterocycles. The van der Waals surface area contributed by atoms with Gasteiger partial charge in [0.05, 0.1) is 4.47 Å².